The Morgan fingerprint density at radius 2 is 1.85 bits per heavy atom. The third-order valence-corrected chi connectivity index (χ3v) is 6.04. The number of carbonyl (C=O) groups is 1. The minimum atomic E-state index is -1.01. The number of hydrogen-bond acceptors (Lipinski definition) is 5. The van der Waals surface area contributed by atoms with Crippen molar-refractivity contribution in [2.75, 3.05) is 5.32 Å². The molecule has 5 aromatic rings. The van der Waals surface area contributed by atoms with Crippen LogP contribution in [-0.2, 0) is 0 Å². The Morgan fingerprint density at radius 3 is 2.65 bits per heavy atom. The lowest BCUT2D eigenvalue weighted by Gasteiger charge is -2.19. The van der Waals surface area contributed by atoms with Crippen LogP contribution in [-0.4, -0.2) is 21.3 Å². The first-order valence-electron chi connectivity index (χ1n) is 10.9. The van der Waals surface area contributed by atoms with Gasteiger partial charge in [0.25, 0.3) is 0 Å². The van der Waals surface area contributed by atoms with Gasteiger partial charge in [-0.1, -0.05) is 30.3 Å². The molecule has 0 saturated carbocycles. The van der Waals surface area contributed by atoms with Gasteiger partial charge >= 0.3 is 5.97 Å². The molecular formula is C27H23N3O4. The molecule has 0 fully saturated rings. The number of fused-ring (bicyclic) bond motifs is 2. The number of carboxylic acids is 1. The van der Waals surface area contributed by atoms with E-state index in [1.54, 1.807) is 24.3 Å². The summed E-state index contributed by atoms with van der Waals surface area (Å²) in [4.78, 5) is 24.7. The van der Waals surface area contributed by atoms with Crippen molar-refractivity contribution >= 4 is 33.5 Å². The largest absolute Gasteiger partial charge is 0.478 e. The molecule has 3 aromatic carbocycles. The Morgan fingerprint density at radius 1 is 1.06 bits per heavy atom. The molecule has 2 heterocycles. The molecule has 0 spiro atoms. The molecule has 0 aliphatic carbocycles. The summed E-state index contributed by atoms with van der Waals surface area (Å²) in [5, 5.41) is 21.5. The summed E-state index contributed by atoms with van der Waals surface area (Å²) < 4.78 is 6.32. The second-order valence-electron chi connectivity index (χ2n) is 8.49. The lowest BCUT2D eigenvalue weighted by molar-refractivity contribution is 0.0698. The number of hydrogen-bond donors (Lipinski definition) is 3. The van der Waals surface area contributed by atoms with Crippen molar-refractivity contribution in [2.45, 2.75) is 26.8 Å². The molecule has 7 nitrogen and oxygen atoms in total. The van der Waals surface area contributed by atoms with Crippen molar-refractivity contribution in [2.24, 2.45) is 0 Å². The average Bonchev–Trinajstić information content (AvgIpc) is 3.19. The quantitative estimate of drug-likeness (QED) is 0.309. The van der Waals surface area contributed by atoms with Gasteiger partial charge in [0, 0.05) is 28.3 Å². The van der Waals surface area contributed by atoms with Crippen LogP contribution in [0.5, 0.6) is 0 Å². The molecule has 170 valence electrons. The molecule has 1 atom stereocenters. The molecule has 7 heteroatoms. The Bertz CT molecular complexity index is 1630. The number of nitrogens with one attached hydrogen (secondary N) is 2. The maximum Gasteiger partial charge on any atom is 0.337 e. The molecule has 2 aromatic heterocycles. The van der Waals surface area contributed by atoms with Crippen LogP contribution in [0.2, 0.25) is 0 Å². The van der Waals surface area contributed by atoms with Gasteiger partial charge in [0.2, 0.25) is 0 Å². The zero-order valence-electron chi connectivity index (χ0n) is 19.0. The highest BCUT2D eigenvalue weighted by molar-refractivity contribution is 5.94. The number of aromatic amines is 1. The molecule has 0 amide bonds. The van der Waals surface area contributed by atoms with E-state index in [1.807, 2.05) is 51.1 Å². The lowest BCUT2D eigenvalue weighted by Crippen LogP contribution is -2.12. The number of anilines is 1. The molecule has 34 heavy (non-hydrogen) atoms. The predicted molar refractivity (Wildman–Crippen MR) is 132 cm³/mol. The molecule has 0 bridgehead atoms. The Balaban J connectivity index is 1.64. The van der Waals surface area contributed by atoms with E-state index in [2.05, 4.69) is 15.5 Å². The van der Waals surface area contributed by atoms with Crippen LogP contribution in [0.4, 0.5) is 5.69 Å². The normalized spacial score (nSPS) is 12.2. The summed E-state index contributed by atoms with van der Waals surface area (Å²) >= 11 is 0. The van der Waals surface area contributed by atoms with Crippen LogP contribution in [0.15, 0.2) is 69.9 Å². The van der Waals surface area contributed by atoms with Gasteiger partial charge in [-0.2, -0.15) is 5.10 Å². The fourth-order valence-electron chi connectivity index (χ4n) is 4.31. The molecule has 0 aliphatic heterocycles. The number of carboxylic acid groups (broad SMARTS) is 1. The van der Waals surface area contributed by atoms with E-state index >= 15 is 0 Å². The third kappa shape index (κ3) is 3.71. The number of nitrogens with zero attached hydrogens (tertiary/aromatic N) is 1. The zero-order valence-corrected chi connectivity index (χ0v) is 19.0. The average molecular weight is 453 g/mol. The van der Waals surface area contributed by atoms with Gasteiger partial charge in [-0.05, 0) is 50.6 Å². The fourth-order valence-corrected chi connectivity index (χ4v) is 4.31. The number of aryl methyl sites for hydroxylation is 2. The molecule has 1 unspecified atom stereocenters. The minimum absolute atomic E-state index is 0.139. The summed E-state index contributed by atoms with van der Waals surface area (Å²) in [6.45, 7) is 5.77. The SMILES string of the molecule is Cc1cc(C(C)Nc2ccccc2C(=O)O)c2oc(-c3ccc4c(C)n[nH]c4c3)cc(=O)c2c1. The number of para-hydroxylation sites is 1. The van der Waals surface area contributed by atoms with Gasteiger partial charge in [0.1, 0.15) is 11.3 Å². The zero-order chi connectivity index (χ0) is 24.0. The smallest absolute Gasteiger partial charge is 0.337 e. The van der Waals surface area contributed by atoms with E-state index in [9.17, 15) is 14.7 Å². The molecule has 0 aliphatic rings. The molecule has 0 radical (unpaired) electrons. The van der Waals surface area contributed by atoms with E-state index in [0.717, 1.165) is 33.3 Å². The highest BCUT2D eigenvalue weighted by Crippen LogP contribution is 2.32. The maximum absolute atomic E-state index is 13.1. The van der Waals surface area contributed by atoms with Crippen LogP contribution in [0, 0.1) is 13.8 Å². The topological polar surface area (TPSA) is 108 Å². The summed E-state index contributed by atoms with van der Waals surface area (Å²) in [6.07, 6.45) is 0. The van der Waals surface area contributed by atoms with E-state index in [4.69, 9.17) is 4.42 Å². The fraction of sp³-hybridized carbons (Fsp3) is 0.148. The van der Waals surface area contributed by atoms with Crippen LogP contribution in [0.1, 0.15) is 40.1 Å². The molecule has 3 N–H and O–H groups in total. The summed E-state index contributed by atoms with van der Waals surface area (Å²) in [5.74, 6) is -0.558. The van der Waals surface area contributed by atoms with Crippen molar-refractivity contribution in [3.63, 3.8) is 0 Å². The second-order valence-corrected chi connectivity index (χ2v) is 8.49. The van der Waals surface area contributed by atoms with E-state index in [0.29, 0.717) is 22.4 Å². The van der Waals surface area contributed by atoms with Gasteiger partial charge in [0.15, 0.2) is 5.43 Å². The van der Waals surface area contributed by atoms with Crippen molar-refractivity contribution in [3.8, 4) is 11.3 Å². The number of rotatable bonds is 5. The first-order valence-corrected chi connectivity index (χ1v) is 10.9. The first-order chi connectivity index (χ1) is 16.3. The van der Waals surface area contributed by atoms with Crippen molar-refractivity contribution in [3.05, 3.63) is 93.3 Å². The third-order valence-electron chi connectivity index (χ3n) is 6.04. The number of aromatic carboxylic acids is 1. The predicted octanol–water partition coefficient (Wildman–Crippen LogP) is 5.82. The molecule has 0 saturated heterocycles. The Labute approximate surface area is 195 Å². The summed E-state index contributed by atoms with van der Waals surface area (Å²) in [7, 11) is 0. The summed E-state index contributed by atoms with van der Waals surface area (Å²) in [5.41, 5.74) is 5.22. The van der Waals surface area contributed by atoms with Gasteiger partial charge in [0.05, 0.1) is 28.2 Å². The van der Waals surface area contributed by atoms with Crippen molar-refractivity contribution < 1.29 is 14.3 Å². The standard InChI is InChI=1S/C27H23N3O4/c1-14-10-20(15(2)28-22-7-5-4-6-19(22)27(32)33)26-21(11-14)24(31)13-25(34-26)17-8-9-18-16(3)29-30-23(18)12-17/h4-13,15,28H,1-3H3,(H,29,30)(H,32,33). The van der Waals surface area contributed by atoms with Crippen molar-refractivity contribution in [1.29, 1.82) is 0 Å². The second kappa shape index (κ2) is 8.19. The Kier molecular flexibility index (Phi) is 5.17. The van der Waals surface area contributed by atoms with Gasteiger partial charge in [-0.3, -0.25) is 9.89 Å². The van der Waals surface area contributed by atoms with Crippen LogP contribution in [0.3, 0.4) is 0 Å². The molecule has 5 rings (SSSR count). The monoisotopic (exact) mass is 453 g/mol. The Hall–Kier alpha value is -4.39. The lowest BCUT2D eigenvalue weighted by atomic mass is 10.00. The van der Waals surface area contributed by atoms with Gasteiger partial charge < -0.3 is 14.8 Å². The highest BCUT2D eigenvalue weighted by atomic mass is 16.4. The number of aromatic nitrogens is 2. The van der Waals surface area contributed by atoms with Crippen LogP contribution in [0.25, 0.3) is 33.2 Å². The first kappa shape index (κ1) is 21.5. The highest BCUT2D eigenvalue weighted by Gasteiger charge is 2.18. The minimum Gasteiger partial charge on any atom is -0.478 e. The van der Waals surface area contributed by atoms with Crippen LogP contribution >= 0.6 is 0 Å². The van der Waals surface area contributed by atoms with Crippen LogP contribution < -0.4 is 10.7 Å². The molecular weight excluding hydrogens is 430 g/mol. The number of H-pyrrole nitrogens is 1. The maximum atomic E-state index is 13.1. The van der Waals surface area contributed by atoms with E-state index in [-0.39, 0.29) is 17.0 Å². The van der Waals surface area contributed by atoms with Gasteiger partial charge in [-0.25, -0.2) is 4.79 Å². The number of benzene rings is 3. The van der Waals surface area contributed by atoms with Crippen molar-refractivity contribution in [1.82, 2.24) is 10.2 Å². The van der Waals surface area contributed by atoms with E-state index in [1.165, 1.54) is 6.07 Å². The summed E-state index contributed by atoms with van der Waals surface area (Å²) in [6, 6.07) is 17.5. The van der Waals surface area contributed by atoms with Gasteiger partial charge in [-0.15, -0.1) is 0 Å². The van der Waals surface area contributed by atoms with E-state index < -0.39 is 5.97 Å².